The third kappa shape index (κ3) is 3.38. The number of rotatable bonds is 4. The summed E-state index contributed by atoms with van der Waals surface area (Å²) in [5.74, 6) is 1.75. The van der Waals surface area contributed by atoms with Crippen molar-refractivity contribution >= 4 is 5.91 Å². The van der Waals surface area contributed by atoms with Crippen molar-refractivity contribution in [1.82, 2.24) is 10.1 Å². The van der Waals surface area contributed by atoms with Crippen molar-refractivity contribution < 1.29 is 18.8 Å². The van der Waals surface area contributed by atoms with Crippen LogP contribution in [0.15, 0.2) is 65.2 Å². The molecule has 0 bridgehead atoms. The second-order valence-corrected chi connectivity index (χ2v) is 6.51. The summed E-state index contributed by atoms with van der Waals surface area (Å²) in [6.07, 6.45) is -0.269. The van der Waals surface area contributed by atoms with Crippen LogP contribution in [0.5, 0.6) is 11.5 Å². The fourth-order valence-electron chi connectivity index (χ4n) is 3.00. The molecule has 6 nitrogen and oxygen atoms in total. The summed E-state index contributed by atoms with van der Waals surface area (Å²) in [7, 11) is 1.73. The molecule has 0 radical (unpaired) electrons. The van der Waals surface area contributed by atoms with E-state index in [4.69, 9.17) is 14.0 Å². The lowest BCUT2D eigenvalue weighted by molar-refractivity contribution is 0.0256. The summed E-state index contributed by atoms with van der Waals surface area (Å²) in [6, 6.07) is 18.5. The van der Waals surface area contributed by atoms with Gasteiger partial charge in [-0.15, -0.1) is 0 Å². The number of hydrogen-bond acceptors (Lipinski definition) is 5. The Labute approximate surface area is 157 Å². The van der Waals surface area contributed by atoms with Gasteiger partial charge in [-0.1, -0.05) is 47.6 Å². The van der Waals surface area contributed by atoms with E-state index in [9.17, 15) is 4.79 Å². The molecule has 0 spiro atoms. The van der Waals surface area contributed by atoms with Crippen molar-refractivity contribution in [1.29, 1.82) is 0 Å². The Morgan fingerprint density at radius 3 is 2.59 bits per heavy atom. The molecule has 2 unspecified atom stereocenters. The van der Waals surface area contributed by atoms with Crippen molar-refractivity contribution in [3.8, 4) is 22.8 Å². The first-order valence-corrected chi connectivity index (χ1v) is 8.81. The average Bonchev–Trinajstić information content (AvgIpc) is 3.22. The van der Waals surface area contributed by atoms with Gasteiger partial charge in [0.1, 0.15) is 6.61 Å². The predicted molar refractivity (Wildman–Crippen MR) is 99.8 cm³/mol. The minimum absolute atomic E-state index is 0.206. The van der Waals surface area contributed by atoms with Crippen LogP contribution in [0, 0.1) is 0 Å². The minimum Gasteiger partial charge on any atom is -0.486 e. The highest BCUT2D eigenvalue weighted by Gasteiger charge is 2.32. The third-order valence-electron chi connectivity index (χ3n) is 4.79. The molecule has 0 saturated heterocycles. The van der Waals surface area contributed by atoms with E-state index in [1.54, 1.807) is 18.0 Å². The molecular weight excluding hydrogens is 344 g/mol. The molecule has 1 aliphatic rings. The monoisotopic (exact) mass is 364 g/mol. The van der Waals surface area contributed by atoms with Crippen LogP contribution >= 0.6 is 0 Å². The number of hydrogen-bond donors (Lipinski definition) is 0. The van der Waals surface area contributed by atoms with E-state index in [-0.39, 0.29) is 23.7 Å². The van der Waals surface area contributed by atoms with Crippen LogP contribution in [0.4, 0.5) is 0 Å². The smallest absolute Gasteiger partial charge is 0.276 e. The summed E-state index contributed by atoms with van der Waals surface area (Å²) in [6.45, 7) is 2.31. The number of carbonyl (C=O) groups is 1. The molecule has 0 N–H and O–H groups in total. The number of fused-ring (bicyclic) bond motifs is 1. The van der Waals surface area contributed by atoms with Gasteiger partial charge < -0.3 is 18.9 Å². The molecule has 4 rings (SSSR count). The summed E-state index contributed by atoms with van der Waals surface area (Å²) in [5.41, 5.74) is 1.14. The topological polar surface area (TPSA) is 64.8 Å². The normalized spacial score (nSPS) is 16.6. The maximum absolute atomic E-state index is 12.8. The summed E-state index contributed by atoms with van der Waals surface area (Å²) < 4.78 is 17.1. The first-order chi connectivity index (χ1) is 13.1. The number of ether oxygens (including phenoxy) is 2. The number of nitrogens with zero attached hydrogens (tertiary/aromatic N) is 2. The van der Waals surface area contributed by atoms with Gasteiger partial charge in [0, 0.05) is 18.7 Å². The van der Waals surface area contributed by atoms with Gasteiger partial charge in [-0.3, -0.25) is 4.79 Å². The second-order valence-electron chi connectivity index (χ2n) is 6.51. The molecule has 138 valence electrons. The Hall–Kier alpha value is -3.28. The lowest BCUT2D eigenvalue weighted by Crippen LogP contribution is -2.49. The van der Waals surface area contributed by atoms with Gasteiger partial charge in [0.05, 0.1) is 6.04 Å². The van der Waals surface area contributed by atoms with E-state index in [1.807, 2.05) is 61.5 Å². The molecule has 1 amide bonds. The van der Waals surface area contributed by atoms with Crippen molar-refractivity contribution in [3.05, 3.63) is 66.4 Å². The average molecular weight is 364 g/mol. The summed E-state index contributed by atoms with van der Waals surface area (Å²) in [4.78, 5) is 14.4. The van der Waals surface area contributed by atoms with Crippen molar-refractivity contribution in [2.75, 3.05) is 13.7 Å². The number of amides is 1. The van der Waals surface area contributed by atoms with E-state index in [1.165, 1.54) is 0 Å². The quantitative estimate of drug-likeness (QED) is 0.707. The molecule has 2 heterocycles. The van der Waals surface area contributed by atoms with Gasteiger partial charge in [0.15, 0.2) is 29.1 Å². The van der Waals surface area contributed by atoms with Crippen LogP contribution in [-0.4, -0.2) is 41.8 Å². The predicted octanol–water partition coefficient (Wildman–Crippen LogP) is 3.64. The van der Waals surface area contributed by atoms with E-state index >= 15 is 0 Å². The third-order valence-corrected chi connectivity index (χ3v) is 4.79. The maximum atomic E-state index is 12.8. The highest BCUT2D eigenvalue weighted by molar-refractivity contribution is 5.93. The first kappa shape index (κ1) is 17.1. The van der Waals surface area contributed by atoms with E-state index in [2.05, 4.69) is 5.16 Å². The summed E-state index contributed by atoms with van der Waals surface area (Å²) >= 11 is 0. The zero-order valence-electron chi connectivity index (χ0n) is 15.2. The first-order valence-electron chi connectivity index (χ1n) is 8.81. The maximum Gasteiger partial charge on any atom is 0.276 e. The van der Waals surface area contributed by atoms with Gasteiger partial charge in [0.2, 0.25) is 0 Å². The van der Waals surface area contributed by atoms with Gasteiger partial charge in [-0.05, 0) is 19.1 Å². The Kier molecular flexibility index (Phi) is 4.54. The number of aromatic nitrogens is 1. The standard InChI is InChI=1S/C21H20N2O4/c1-14(20-13-25-17-10-6-7-11-18(17)26-20)23(2)21(24)16-12-19(27-22-16)15-8-4-3-5-9-15/h3-12,14,20H,13H2,1-2H3. The van der Waals surface area contributed by atoms with E-state index in [0.29, 0.717) is 18.1 Å². The van der Waals surface area contributed by atoms with Crippen LogP contribution in [0.1, 0.15) is 17.4 Å². The number of para-hydroxylation sites is 2. The highest BCUT2D eigenvalue weighted by atomic mass is 16.6. The molecule has 3 aromatic rings. The highest BCUT2D eigenvalue weighted by Crippen LogP contribution is 2.32. The lowest BCUT2D eigenvalue weighted by atomic mass is 10.1. The summed E-state index contributed by atoms with van der Waals surface area (Å²) in [5, 5.41) is 3.94. The molecule has 0 fully saturated rings. The molecule has 6 heteroatoms. The second kappa shape index (κ2) is 7.15. The molecule has 2 atom stereocenters. The van der Waals surface area contributed by atoms with Gasteiger partial charge >= 0.3 is 0 Å². The van der Waals surface area contributed by atoms with Crippen LogP contribution in [0.3, 0.4) is 0 Å². The van der Waals surface area contributed by atoms with Crippen LogP contribution in [-0.2, 0) is 0 Å². The molecule has 0 saturated carbocycles. The van der Waals surface area contributed by atoms with Gasteiger partial charge in [0.25, 0.3) is 5.91 Å². The zero-order chi connectivity index (χ0) is 18.8. The van der Waals surface area contributed by atoms with Crippen LogP contribution < -0.4 is 9.47 Å². The molecule has 2 aromatic carbocycles. The van der Waals surface area contributed by atoms with Crippen molar-refractivity contribution in [2.45, 2.75) is 19.1 Å². The Morgan fingerprint density at radius 2 is 1.81 bits per heavy atom. The number of benzene rings is 2. The lowest BCUT2D eigenvalue weighted by Gasteiger charge is -2.34. The fourth-order valence-corrected chi connectivity index (χ4v) is 3.00. The Morgan fingerprint density at radius 1 is 1.11 bits per heavy atom. The van der Waals surface area contributed by atoms with E-state index in [0.717, 1.165) is 11.3 Å². The van der Waals surface area contributed by atoms with Gasteiger partial charge in [-0.2, -0.15) is 0 Å². The fraction of sp³-hybridized carbons (Fsp3) is 0.238. The van der Waals surface area contributed by atoms with Crippen molar-refractivity contribution in [3.63, 3.8) is 0 Å². The van der Waals surface area contributed by atoms with Crippen molar-refractivity contribution in [2.24, 2.45) is 0 Å². The van der Waals surface area contributed by atoms with E-state index < -0.39 is 0 Å². The molecular formula is C21H20N2O4. The minimum atomic E-state index is -0.269. The molecule has 1 aliphatic heterocycles. The Bertz CT molecular complexity index is 938. The van der Waals surface area contributed by atoms with Crippen LogP contribution in [0.25, 0.3) is 11.3 Å². The molecule has 27 heavy (non-hydrogen) atoms. The molecule has 0 aliphatic carbocycles. The van der Waals surface area contributed by atoms with Gasteiger partial charge in [-0.25, -0.2) is 0 Å². The SMILES string of the molecule is CC(C1COc2ccccc2O1)N(C)C(=O)c1cc(-c2ccccc2)on1. The molecule has 1 aromatic heterocycles. The Balaban J connectivity index is 1.47. The number of carbonyl (C=O) groups excluding carboxylic acids is 1. The largest absolute Gasteiger partial charge is 0.486 e. The number of likely N-dealkylation sites (N-methyl/N-ethyl adjacent to an activating group) is 1. The van der Waals surface area contributed by atoms with Crippen LogP contribution in [0.2, 0.25) is 0 Å². The zero-order valence-corrected chi connectivity index (χ0v) is 15.2.